The molecule has 1 aliphatic rings. The average Bonchev–Trinajstić information content (AvgIpc) is 2.68. The quantitative estimate of drug-likeness (QED) is 0.476. The highest BCUT2D eigenvalue weighted by Gasteiger charge is 2.21. The van der Waals surface area contributed by atoms with Crippen LogP contribution in [-0.4, -0.2) is 37.7 Å². The molecule has 2 heteroatoms. The van der Waals surface area contributed by atoms with Crippen molar-refractivity contribution in [1.29, 1.82) is 0 Å². The molecule has 0 radical (unpaired) electrons. The van der Waals surface area contributed by atoms with Crippen LogP contribution in [0.4, 0.5) is 0 Å². The summed E-state index contributed by atoms with van der Waals surface area (Å²) in [6, 6.07) is 1.42. The van der Waals surface area contributed by atoms with Crippen molar-refractivity contribution in [2.45, 2.75) is 81.3 Å². The van der Waals surface area contributed by atoms with Crippen molar-refractivity contribution in [3.8, 4) is 0 Å². The number of unbranched alkanes of at least 4 members (excludes halogenated alkanes) is 1. The molecule has 0 aliphatic carbocycles. The molecule has 1 heterocycles. The van der Waals surface area contributed by atoms with Gasteiger partial charge in [0.25, 0.3) is 14.1 Å². The second-order valence-electron chi connectivity index (χ2n) is 6.07. The summed E-state index contributed by atoms with van der Waals surface area (Å²) in [6.45, 7) is 10.6. The van der Waals surface area contributed by atoms with Gasteiger partial charge in [-0.3, -0.25) is 4.90 Å². The Morgan fingerprint density at radius 3 is 2.00 bits per heavy atom. The van der Waals surface area contributed by atoms with Crippen molar-refractivity contribution in [3.63, 3.8) is 0 Å². The summed E-state index contributed by atoms with van der Waals surface area (Å²) >= 11 is -0.212. The SMILES string of the molecule is CC(C)N(CCC[CH2][Al]1[CH2]CC[CH2]1)C(C)C. The first-order valence-corrected chi connectivity index (χ1v) is 9.82. The summed E-state index contributed by atoms with van der Waals surface area (Å²) in [7, 11) is 0. The first-order chi connectivity index (χ1) is 7.61. The molecule has 0 aromatic heterocycles. The van der Waals surface area contributed by atoms with Gasteiger partial charge in [0.15, 0.2) is 0 Å². The minimum absolute atomic E-state index is 0.212. The van der Waals surface area contributed by atoms with Crippen molar-refractivity contribution < 1.29 is 0 Å². The minimum atomic E-state index is -0.212. The predicted molar refractivity (Wildman–Crippen MR) is 75.6 cm³/mol. The van der Waals surface area contributed by atoms with E-state index < -0.39 is 0 Å². The number of nitrogens with zero attached hydrogens (tertiary/aromatic N) is 1. The summed E-state index contributed by atoms with van der Waals surface area (Å²) in [4.78, 5) is 2.64. The van der Waals surface area contributed by atoms with Gasteiger partial charge in [-0.2, -0.15) is 0 Å². The van der Waals surface area contributed by atoms with E-state index in [1.807, 2.05) is 0 Å². The molecule has 0 N–H and O–H groups in total. The van der Waals surface area contributed by atoms with Crippen molar-refractivity contribution in [2.75, 3.05) is 6.54 Å². The molecular weight excluding hydrogens is 209 g/mol. The van der Waals surface area contributed by atoms with E-state index in [1.165, 1.54) is 19.4 Å². The monoisotopic (exact) mass is 239 g/mol. The third-order valence-electron chi connectivity index (χ3n) is 4.08. The van der Waals surface area contributed by atoms with Gasteiger partial charge in [-0.15, -0.1) is 0 Å². The molecule has 1 fully saturated rings. The van der Waals surface area contributed by atoms with Crippen LogP contribution in [-0.2, 0) is 0 Å². The average molecular weight is 239 g/mol. The van der Waals surface area contributed by atoms with Crippen LogP contribution < -0.4 is 0 Å². The Bertz CT molecular complexity index is 166. The standard InChI is InChI=1S/C10H22N.C4H8.Al/c1-6-7-8-11(9(2)3)10(4)5;1-3-4-2;/h9-10H,1,6-8H2,2-5H3;1-4H2;. The van der Waals surface area contributed by atoms with Gasteiger partial charge < -0.3 is 0 Å². The van der Waals surface area contributed by atoms with Crippen molar-refractivity contribution in [2.24, 2.45) is 0 Å². The highest BCUT2D eigenvalue weighted by Crippen LogP contribution is 2.23. The smallest absolute Gasteiger partial charge is 0.261 e. The van der Waals surface area contributed by atoms with Gasteiger partial charge in [0.05, 0.1) is 0 Å². The molecule has 1 saturated heterocycles. The van der Waals surface area contributed by atoms with E-state index in [-0.39, 0.29) is 14.1 Å². The van der Waals surface area contributed by atoms with Gasteiger partial charge in [-0.25, -0.2) is 0 Å². The summed E-state index contributed by atoms with van der Waals surface area (Å²) < 4.78 is 0. The molecule has 0 saturated carbocycles. The molecule has 1 rings (SSSR count). The fourth-order valence-corrected chi connectivity index (χ4v) is 6.60. The summed E-state index contributed by atoms with van der Waals surface area (Å²) in [5.74, 6) is 0. The van der Waals surface area contributed by atoms with E-state index in [0.29, 0.717) is 12.1 Å². The largest absolute Gasteiger partial charge is 0.299 e. The third kappa shape index (κ3) is 5.21. The summed E-state index contributed by atoms with van der Waals surface area (Å²) in [5.41, 5.74) is 0. The van der Waals surface area contributed by atoms with E-state index in [9.17, 15) is 0 Å². The minimum Gasteiger partial charge on any atom is -0.299 e. The third-order valence-corrected chi connectivity index (χ3v) is 7.75. The Morgan fingerprint density at radius 2 is 1.50 bits per heavy atom. The second kappa shape index (κ2) is 7.75. The van der Waals surface area contributed by atoms with Gasteiger partial charge in [0, 0.05) is 12.1 Å². The molecular formula is C14H30AlN. The maximum absolute atomic E-state index is 2.64. The van der Waals surface area contributed by atoms with Gasteiger partial charge in [-0.05, 0) is 40.7 Å². The maximum Gasteiger partial charge on any atom is 0.261 e. The lowest BCUT2D eigenvalue weighted by atomic mass is 10.2. The first-order valence-electron chi connectivity index (χ1n) is 7.37. The zero-order valence-electron chi connectivity index (χ0n) is 11.8. The van der Waals surface area contributed by atoms with Gasteiger partial charge in [0.2, 0.25) is 0 Å². The number of rotatable bonds is 7. The molecule has 0 aromatic carbocycles. The van der Waals surface area contributed by atoms with Crippen LogP contribution in [0.2, 0.25) is 15.8 Å². The van der Waals surface area contributed by atoms with Crippen LogP contribution in [0.3, 0.4) is 0 Å². The van der Waals surface area contributed by atoms with Crippen molar-refractivity contribution in [3.05, 3.63) is 0 Å². The van der Waals surface area contributed by atoms with Crippen LogP contribution in [0, 0.1) is 0 Å². The highest BCUT2D eigenvalue weighted by atomic mass is 27.2. The normalized spacial score (nSPS) is 17.1. The maximum atomic E-state index is 2.64. The van der Waals surface area contributed by atoms with Gasteiger partial charge >= 0.3 is 0 Å². The van der Waals surface area contributed by atoms with Crippen molar-refractivity contribution in [1.82, 2.24) is 4.90 Å². The summed E-state index contributed by atoms with van der Waals surface area (Å²) in [6.07, 6.45) is 6.05. The molecule has 0 aromatic rings. The molecule has 94 valence electrons. The topological polar surface area (TPSA) is 3.24 Å². The summed E-state index contributed by atoms with van der Waals surface area (Å²) in [5, 5.41) is 4.93. The molecule has 0 amide bonds. The van der Waals surface area contributed by atoms with Crippen LogP contribution in [0.25, 0.3) is 0 Å². The molecule has 0 bridgehead atoms. The Morgan fingerprint density at radius 1 is 0.938 bits per heavy atom. The van der Waals surface area contributed by atoms with E-state index in [2.05, 4.69) is 32.6 Å². The van der Waals surface area contributed by atoms with E-state index in [0.717, 1.165) is 0 Å². The van der Waals surface area contributed by atoms with E-state index in [4.69, 9.17) is 0 Å². The zero-order chi connectivity index (χ0) is 12.0. The molecule has 1 nitrogen and oxygen atoms in total. The van der Waals surface area contributed by atoms with Crippen LogP contribution in [0.1, 0.15) is 53.4 Å². The molecule has 1 aliphatic heterocycles. The molecule has 0 unspecified atom stereocenters. The Hall–Kier alpha value is 0.492. The van der Waals surface area contributed by atoms with E-state index >= 15 is 0 Å². The lowest BCUT2D eigenvalue weighted by molar-refractivity contribution is 0.172. The Labute approximate surface area is 107 Å². The van der Waals surface area contributed by atoms with E-state index in [1.54, 1.807) is 28.7 Å². The molecule has 16 heavy (non-hydrogen) atoms. The zero-order valence-corrected chi connectivity index (χ0v) is 13.0. The number of hydrogen-bond acceptors (Lipinski definition) is 1. The van der Waals surface area contributed by atoms with Crippen LogP contribution in [0.5, 0.6) is 0 Å². The predicted octanol–water partition coefficient (Wildman–Crippen LogP) is 4.17. The molecule has 0 spiro atoms. The van der Waals surface area contributed by atoms with Crippen molar-refractivity contribution >= 4 is 14.1 Å². The first kappa shape index (κ1) is 14.6. The molecule has 0 atom stereocenters. The van der Waals surface area contributed by atoms with Crippen LogP contribution >= 0.6 is 0 Å². The fraction of sp³-hybridized carbons (Fsp3) is 1.00. The van der Waals surface area contributed by atoms with Gasteiger partial charge in [0.1, 0.15) is 0 Å². The lowest BCUT2D eigenvalue weighted by Gasteiger charge is -2.30. The highest BCUT2D eigenvalue weighted by molar-refractivity contribution is 6.59. The number of hydrogen-bond donors (Lipinski definition) is 0. The lowest BCUT2D eigenvalue weighted by Crippen LogP contribution is -2.37. The second-order valence-corrected chi connectivity index (χ2v) is 9.54. The van der Waals surface area contributed by atoms with Crippen LogP contribution in [0.15, 0.2) is 0 Å². The fourth-order valence-electron chi connectivity index (χ4n) is 3.14. The Kier molecular flexibility index (Phi) is 7.05. The van der Waals surface area contributed by atoms with Gasteiger partial charge in [-0.1, -0.05) is 35.1 Å². The Balaban J connectivity index is 2.08.